The van der Waals surface area contributed by atoms with Crippen molar-refractivity contribution in [2.45, 2.75) is 44.2 Å². The first-order valence-corrected chi connectivity index (χ1v) is 15.1. The molecule has 2 aliphatic heterocycles. The molecule has 14 heteroatoms. The average molecular weight is 675 g/mol. The van der Waals surface area contributed by atoms with E-state index in [4.69, 9.17) is 0 Å². The van der Waals surface area contributed by atoms with Crippen molar-refractivity contribution < 1.29 is 36.7 Å². The Kier molecular flexibility index (Phi) is 8.88. The highest BCUT2D eigenvalue weighted by Gasteiger charge is 2.50. The molecule has 0 bridgehead atoms. The van der Waals surface area contributed by atoms with Gasteiger partial charge in [-0.25, -0.2) is 27.2 Å². The van der Waals surface area contributed by atoms with Crippen LogP contribution in [0.25, 0.3) is 22.5 Å². The summed E-state index contributed by atoms with van der Waals surface area (Å²) < 4.78 is 53.5. The number of nitrogens with zero attached hydrogens (tertiary/aromatic N) is 4. The summed E-state index contributed by atoms with van der Waals surface area (Å²) in [6.45, 7) is 0.0895. The lowest BCUT2D eigenvalue weighted by Gasteiger charge is -2.12. The zero-order valence-corrected chi connectivity index (χ0v) is 25.0. The molecule has 0 spiro atoms. The minimum Gasteiger partial charge on any atom is -0.329 e. The van der Waals surface area contributed by atoms with E-state index in [9.17, 15) is 36.7 Å². The van der Waals surface area contributed by atoms with Gasteiger partial charge in [0.2, 0.25) is 11.8 Å². The number of pyridine rings is 2. The van der Waals surface area contributed by atoms with E-state index in [0.717, 1.165) is 23.3 Å². The van der Waals surface area contributed by atoms with Crippen LogP contribution in [0, 0.1) is 23.3 Å². The fourth-order valence-corrected chi connectivity index (χ4v) is 6.15. The summed E-state index contributed by atoms with van der Waals surface area (Å²) in [7, 11) is 0. The Balaban J connectivity index is 0.000000167. The molecule has 0 unspecified atom stereocenters. The Hall–Kier alpha value is -5.66. The van der Waals surface area contributed by atoms with Gasteiger partial charge in [-0.05, 0) is 60.4 Å². The van der Waals surface area contributed by atoms with Crippen LogP contribution in [0.4, 0.5) is 27.2 Å². The molecule has 6 amide bonds. The van der Waals surface area contributed by atoms with E-state index >= 15 is 0 Å². The number of urea groups is 2. The molecule has 4 atom stereocenters. The molecule has 2 saturated heterocycles. The van der Waals surface area contributed by atoms with Crippen molar-refractivity contribution in [1.29, 1.82) is 0 Å². The Morgan fingerprint density at radius 2 is 1.00 bits per heavy atom. The molecular weight excluding hydrogens is 644 g/mol. The Bertz CT molecular complexity index is 1790. The second kappa shape index (κ2) is 13.1. The van der Waals surface area contributed by atoms with E-state index in [1.807, 2.05) is 0 Å². The zero-order chi connectivity index (χ0) is 33.7. The smallest absolute Gasteiger partial charge is 0.324 e. The number of nitrogens with one attached hydrogen (secondary N) is 2. The summed E-state index contributed by atoms with van der Waals surface area (Å²) in [5.74, 6) is -2.94. The van der Waals surface area contributed by atoms with E-state index in [1.54, 1.807) is 36.7 Å². The van der Waals surface area contributed by atoms with Gasteiger partial charge in [0.15, 0.2) is 0 Å². The number of carbonyl (C=O) groups is 4. The number of imide groups is 2. The zero-order valence-electron chi connectivity index (χ0n) is 25.0. The quantitative estimate of drug-likeness (QED) is 0.206. The fraction of sp³-hybridized carbons (Fsp3) is 0.257. The number of benzene rings is 2. The number of hydrogen-bond donors (Lipinski definition) is 2. The van der Waals surface area contributed by atoms with Crippen LogP contribution in [0.2, 0.25) is 0 Å². The van der Waals surface area contributed by atoms with Gasteiger partial charge < -0.3 is 10.6 Å². The molecule has 2 aromatic heterocycles. The maximum absolute atomic E-state index is 13.8. The van der Waals surface area contributed by atoms with E-state index in [2.05, 4.69) is 20.6 Å². The number of amides is 6. The predicted octanol–water partition coefficient (Wildman–Crippen LogP) is 5.51. The largest absolute Gasteiger partial charge is 0.329 e. The van der Waals surface area contributed by atoms with Crippen LogP contribution in [0.1, 0.15) is 43.2 Å². The molecule has 2 N–H and O–H groups in total. The van der Waals surface area contributed by atoms with Gasteiger partial charge in [0.25, 0.3) is 0 Å². The van der Waals surface area contributed by atoms with E-state index in [0.29, 0.717) is 24.2 Å². The lowest BCUT2D eigenvalue weighted by Crippen LogP contribution is -2.33. The SMILES string of the molecule is C.O=C1CNC(=O)N1[C@@H]1C[C@H]1c1ccc(-c2ccc(F)cc2F)nc1.O=C1CNC(=O)N1[C@H]1C[C@@H]1c1ccc(-c2ccc(F)cc2F)nc1. The van der Waals surface area contributed by atoms with Gasteiger partial charge >= 0.3 is 12.1 Å². The normalized spacial score (nSPS) is 22.2. The van der Waals surface area contributed by atoms with Crippen LogP contribution < -0.4 is 10.6 Å². The monoisotopic (exact) mass is 674 g/mol. The molecule has 4 heterocycles. The molecule has 10 nitrogen and oxygen atoms in total. The first-order chi connectivity index (χ1) is 23.1. The van der Waals surface area contributed by atoms with Crippen molar-refractivity contribution in [3.05, 3.63) is 107 Å². The summed E-state index contributed by atoms with van der Waals surface area (Å²) in [4.78, 5) is 57.7. The maximum Gasteiger partial charge on any atom is 0.324 e. The molecule has 0 radical (unpaired) electrons. The summed E-state index contributed by atoms with van der Waals surface area (Å²) in [5.41, 5.74) is 3.04. The predicted molar refractivity (Wildman–Crippen MR) is 169 cm³/mol. The highest BCUT2D eigenvalue weighted by Crippen LogP contribution is 2.46. The summed E-state index contributed by atoms with van der Waals surface area (Å²) >= 11 is 0. The lowest BCUT2D eigenvalue weighted by molar-refractivity contribution is -0.126. The molecule has 4 aliphatic rings. The minimum atomic E-state index is -0.668. The average Bonchev–Trinajstić information content (AvgIpc) is 3.97. The van der Waals surface area contributed by atoms with Crippen LogP contribution in [0.3, 0.4) is 0 Å². The van der Waals surface area contributed by atoms with Gasteiger partial charge in [0, 0.05) is 59.6 Å². The molecule has 4 aromatic rings. The van der Waals surface area contributed by atoms with Gasteiger partial charge in [-0.15, -0.1) is 0 Å². The molecule has 252 valence electrons. The Morgan fingerprint density at radius 3 is 1.31 bits per heavy atom. The highest BCUT2D eigenvalue weighted by atomic mass is 19.1. The topological polar surface area (TPSA) is 125 Å². The second-order valence-corrected chi connectivity index (χ2v) is 11.9. The number of hydrogen-bond acceptors (Lipinski definition) is 6. The molecular formula is C35H30F4N6O4. The standard InChI is InChI=1S/2C17H13F2N3O2.CH4/c2*18-10-2-3-11(13(19)5-10)14-4-1-9(7-20-14)12-6-15(12)22-16(23)8-21-17(22)24;/h2*1-5,7,12,15H,6,8H2,(H,21,24);1H4/t2*12-,15+;/m10./s1. The van der Waals surface area contributed by atoms with Crippen LogP contribution >= 0.6 is 0 Å². The van der Waals surface area contributed by atoms with Gasteiger partial charge in [0.1, 0.15) is 23.3 Å². The van der Waals surface area contributed by atoms with Gasteiger partial charge in [-0.1, -0.05) is 19.6 Å². The molecule has 4 fully saturated rings. The van der Waals surface area contributed by atoms with Gasteiger partial charge in [-0.2, -0.15) is 0 Å². The number of carbonyl (C=O) groups excluding carboxylic acids is 4. The first kappa shape index (κ1) is 33.2. The van der Waals surface area contributed by atoms with Crippen molar-refractivity contribution in [3.63, 3.8) is 0 Å². The minimum absolute atomic E-state index is 0. The van der Waals surface area contributed by atoms with E-state index in [1.165, 1.54) is 34.1 Å². The fourth-order valence-electron chi connectivity index (χ4n) is 6.15. The van der Waals surface area contributed by atoms with Crippen molar-refractivity contribution in [2.24, 2.45) is 0 Å². The maximum atomic E-state index is 13.8. The third-order valence-corrected chi connectivity index (χ3v) is 8.78. The van der Waals surface area contributed by atoms with Crippen molar-refractivity contribution in [3.8, 4) is 22.5 Å². The highest BCUT2D eigenvalue weighted by molar-refractivity contribution is 6.03. The van der Waals surface area contributed by atoms with Crippen molar-refractivity contribution in [1.82, 2.24) is 30.4 Å². The molecule has 49 heavy (non-hydrogen) atoms. The number of aromatic nitrogens is 2. The van der Waals surface area contributed by atoms with Gasteiger partial charge in [-0.3, -0.25) is 29.4 Å². The Morgan fingerprint density at radius 1 is 0.592 bits per heavy atom. The first-order valence-electron chi connectivity index (χ1n) is 15.1. The third kappa shape index (κ3) is 6.58. The van der Waals surface area contributed by atoms with E-state index < -0.39 is 23.3 Å². The van der Waals surface area contributed by atoms with Crippen LogP contribution in [-0.4, -0.2) is 68.8 Å². The van der Waals surface area contributed by atoms with Crippen molar-refractivity contribution in [2.75, 3.05) is 13.1 Å². The lowest BCUT2D eigenvalue weighted by atomic mass is 10.1. The number of halogens is 4. The Labute approximate surface area is 278 Å². The summed E-state index contributed by atoms with van der Waals surface area (Å²) in [6.07, 6.45) is 4.62. The third-order valence-electron chi connectivity index (χ3n) is 8.78. The van der Waals surface area contributed by atoms with Crippen molar-refractivity contribution >= 4 is 23.9 Å². The van der Waals surface area contributed by atoms with Crippen LogP contribution in [0.5, 0.6) is 0 Å². The van der Waals surface area contributed by atoms with E-state index in [-0.39, 0.29) is 79.4 Å². The van der Waals surface area contributed by atoms with Crippen LogP contribution in [0.15, 0.2) is 73.1 Å². The second-order valence-electron chi connectivity index (χ2n) is 11.9. The summed E-state index contributed by atoms with van der Waals surface area (Å²) in [6, 6.07) is 12.6. The van der Waals surface area contributed by atoms with Crippen LogP contribution in [-0.2, 0) is 9.59 Å². The summed E-state index contributed by atoms with van der Waals surface area (Å²) in [5, 5.41) is 5.01. The molecule has 2 aliphatic carbocycles. The molecule has 2 saturated carbocycles. The molecule has 2 aromatic carbocycles. The molecule has 8 rings (SSSR count). The van der Waals surface area contributed by atoms with Gasteiger partial charge in [0.05, 0.1) is 24.5 Å². The number of rotatable bonds is 6.